The first kappa shape index (κ1) is 12.4. The van der Waals surface area contributed by atoms with Crippen molar-refractivity contribution in [3.63, 3.8) is 0 Å². The molecule has 1 N–H and O–H groups in total. The highest BCUT2D eigenvalue weighted by molar-refractivity contribution is 6.29. The largest absolute Gasteiger partial charge is 0.478 e. The molecule has 0 radical (unpaired) electrons. The fourth-order valence-corrected chi connectivity index (χ4v) is 2.71. The zero-order valence-electron chi connectivity index (χ0n) is 10.3. The van der Waals surface area contributed by atoms with E-state index in [0.29, 0.717) is 17.9 Å². The van der Waals surface area contributed by atoms with Gasteiger partial charge in [0.25, 0.3) is 0 Å². The van der Waals surface area contributed by atoms with E-state index in [-0.39, 0.29) is 10.7 Å². The maximum absolute atomic E-state index is 11.4. The van der Waals surface area contributed by atoms with Gasteiger partial charge >= 0.3 is 5.97 Å². The first-order valence-corrected chi connectivity index (χ1v) is 6.31. The van der Waals surface area contributed by atoms with Crippen LogP contribution in [0.1, 0.15) is 35.8 Å². The Morgan fingerprint density at radius 2 is 2.42 bits per heavy atom. The molecule has 0 bridgehead atoms. The van der Waals surface area contributed by atoms with Crippen LogP contribution in [0.15, 0.2) is 12.3 Å². The molecule has 7 heteroatoms. The molecule has 0 spiro atoms. The quantitative estimate of drug-likeness (QED) is 0.912. The number of ether oxygens (including phenoxy) is 1. The summed E-state index contributed by atoms with van der Waals surface area (Å²) in [7, 11) is 0. The van der Waals surface area contributed by atoms with Gasteiger partial charge in [-0.15, -0.1) is 0 Å². The molecule has 3 rings (SSSR count). The summed E-state index contributed by atoms with van der Waals surface area (Å²) in [4.78, 5) is 15.5. The van der Waals surface area contributed by atoms with Crippen LogP contribution in [-0.4, -0.2) is 32.3 Å². The first-order chi connectivity index (χ1) is 9.01. The van der Waals surface area contributed by atoms with E-state index in [0.717, 1.165) is 12.8 Å². The zero-order chi connectivity index (χ0) is 13.6. The van der Waals surface area contributed by atoms with Crippen LogP contribution in [0.4, 0.5) is 0 Å². The van der Waals surface area contributed by atoms with Gasteiger partial charge in [0.15, 0.2) is 10.8 Å². The number of hydrogen-bond acceptors (Lipinski definition) is 4. The van der Waals surface area contributed by atoms with Crippen molar-refractivity contribution in [1.29, 1.82) is 0 Å². The van der Waals surface area contributed by atoms with Crippen LogP contribution in [0, 0.1) is 0 Å². The fourth-order valence-electron chi connectivity index (χ4n) is 2.54. The van der Waals surface area contributed by atoms with Crippen LogP contribution in [0.3, 0.4) is 0 Å². The van der Waals surface area contributed by atoms with Gasteiger partial charge in [0.05, 0.1) is 5.69 Å². The van der Waals surface area contributed by atoms with Gasteiger partial charge in [0.2, 0.25) is 0 Å². The number of carbonyl (C=O) groups is 1. The second-order valence-electron chi connectivity index (χ2n) is 4.75. The molecule has 1 atom stereocenters. The van der Waals surface area contributed by atoms with Crippen molar-refractivity contribution in [2.75, 3.05) is 6.61 Å². The van der Waals surface area contributed by atoms with Gasteiger partial charge in [-0.3, -0.25) is 0 Å². The average molecular weight is 282 g/mol. The Morgan fingerprint density at radius 3 is 3.05 bits per heavy atom. The molecule has 1 fully saturated rings. The van der Waals surface area contributed by atoms with Crippen molar-refractivity contribution in [2.24, 2.45) is 0 Å². The second kappa shape index (κ2) is 4.18. The molecule has 0 amide bonds. The molecule has 1 unspecified atom stereocenters. The Hall–Kier alpha value is -1.66. The normalized spacial score (nSPS) is 23.1. The number of aromatic carboxylic acids is 1. The zero-order valence-corrected chi connectivity index (χ0v) is 11.0. The van der Waals surface area contributed by atoms with Crippen molar-refractivity contribution in [2.45, 2.75) is 25.4 Å². The molecule has 2 aromatic rings. The number of rotatable bonds is 2. The van der Waals surface area contributed by atoms with Crippen molar-refractivity contribution >= 4 is 23.2 Å². The predicted octanol–water partition coefficient (Wildman–Crippen LogP) is 2.11. The predicted molar refractivity (Wildman–Crippen MR) is 67.5 cm³/mol. The Bertz CT molecular complexity index is 662. The molecule has 1 aliphatic heterocycles. The summed E-state index contributed by atoms with van der Waals surface area (Å²) in [5, 5.41) is 13.7. The fraction of sp³-hybridized carbons (Fsp3) is 0.417. The molecule has 19 heavy (non-hydrogen) atoms. The minimum Gasteiger partial charge on any atom is -0.478 e. The van der Waals surface area contributed by atoms with Crippen LogP contribution >= 0.6 is 11.6 Å². The van der Waals surface area contributed by atoms with Crippen LogP contribution in [0.2, 0.25) is 5.15 Å². The van der Waals surface area contributed by atoms with Crippen LogP contribution in [0.25, 0.3) is 5.65 Å². The van der Waals surface area contributed by atoms with Gasteiger partial charge in [-0.1, -0.05) is 11.6 Å². The van der Waals surface area contributed by atoms with Gasteiger partial charge in [0, 0.05) is 18.9 Å². The summed E-state index contributed by atoms with van der Waals surface area (Å²) < 4.78 is 7.21. The van der Waals surface area contributed by atoms with Crippen LogP contribution in [-0.2, 0) is 10.3 Å². The van der Waals surface area contributed by atoms with Crippen molar-refractivity contribution in [1.82, 2.24) is 14.6 Å². The molecule has 6 nitrogen and oxygen atoms in total. The minimum atomic E-state index is -1.05. The van der Waals surface area contributed by atoms with E-state index in [9.17, 15) is 9.90 Å². The average Bonchev–Trinajstić information content (AvgIpc) is 2.93. The summed E-state index contributed by atoms with van der Waals surface area (Å²) >= 11 is 5.88. The Labute approximate surface area is 114 Å². The molecule has 0 aliphatic carbocycles. The highest BCUT2D eigenvalue weighted by atomic mass is 35.5. The lowest BCUT2D eigenvalue weighted by atomic mass is 9.94. The van der Waals surface area contributed by atoms with Gasteiger partial charge in [-0.25, -0.2) is 14.3 Å². The van der Waals surface area contributed by atoms with E-state index >= 15 is 0 Å². The third-order valence-electron chi connectivity index (χ3n) is 3.40. The lowest BCUT2D eigenvalue weighted by Gasteiger charge is -2.25. The molecule has 1 saturated heterocycles. The third kappa shape index (κ3) is 1.87. The summed E-state index contributed by atoms with van der Waals surface area (Å²) in [5.41, 5.74) is 0.428. The number of carboxylic acid groups (broad SMARTS) is 1. The molecule has 3 heterocycles. The molecule has 100 valence electrons. The Kier molecular flexibility index (Phi) is 2.72. The van der Waals surface area contributed by atoms with Gasteiger partial charge in [-0.05, 0) is 19.8 Å². The SMILES string of the molecule is CC1(c2c(C(=O)O)cnc3cc(Cl)nn23)CCCO1. The van der Waals surface area contributed by atoms with Crippen molar-refractivity contribution < 1.29 is 14.6 Å². The van der Waals surface area contributed by atoms with E-state index in [2.05, 4.69) is 10.1 Å². The highest BCUT2D eigenvalue weighted by Crippen LogP contribution is 2.37. The molecule has 0 saturated carbocycles. The lowest BCUT2D eigenvalue weighted by molar-refractivity contribution is 0.00982. The Balaban J connectivity index is 2.34. The van der Waals surface area contributed by atoms with Crippen molar-refractivity contribution in [3.05, 3.63) is 28.7 Å². The number of nitrogens with zero attached hydrogens (tertiary/aromatic N) is 3. The van der Waals surface area contributed by atoms with Crippen LogP contribution < -0.4 is 0 Å². The summed E-state index contributed by atoms with van der Waals surface area (Å²) in [5.74, 6) is -1.05. The monoisotopic (exact) mass is 281 g/mol. The number of aromatic nitrogens is 3. The number of carboxylic acids is 1. The maximum Gasteiger partial charge on any atom is 0.339 e. The van der Waals surface area contributed by atoms with Gasteiger partial charge < -0.3 is 9.84 Å². The number of hydrogen-bond donors (Lipinski definition) is 1. The molecule has 1 aliphatic rings. The summed E-state index contributed by atoms with van der Waals surface area (Å²) in [6.45, 7) is 2.48. The van der Waals surface area contributed by atoms with E-state index < -0.39 is 11.6 Å². The lowest BCUT2D eigenvalue weighted by Crippen LogP contribution is -2.28. The standard InChI is InChI=1S/C12H12ClN3O3/c1-12(3-2-4-19-12)10-7(11(17)18)6-14-9-5-8(13)15-16(9)10/h5-6H,2-4H2,1H3,(H,17,18). The smallest absolute Gasteiger partial charge is 0.339 e. The number of fused-ring (bicyclic) bond motifs is 1. The first-order valence-electron chi connectivity index (χ1n) is 5.93. The second-order valence-corrected chi connectivity index (χ2v) is 5.13. The van der Waals surface area contributed by atoms with Crippen LogP contribution in [0.5, 0.6) is 0 Å². The molecular formula is C12H12ClN3O3. The molecular weight excluding hydrogens is 270 g/mol. The molecule has 2 aromatic heterocycles. The van der Waals surface area contributed by atoms with E-state index in [4.69, 9.17) is 16.3 Å². The van der Waals surface area contributed by atoms with Gasteiger partial charge in [-0.2, -0.15) is 5.10 Å². The Morgan fingerprint density at radius 1 is 1.63 bits per heavy atom. The minimum absolute atomic E-state index is 0.0941. The summed E-state index contributed by atoms with van der Waals surface area (Å²) in [6, 6.07) is 1.59. The van der Waals surface area contributed by atoms with Gasteiger partial charge in [0.1, 0.15) is 11.2 Å². The third-order valence-corrected chi connectivity index (χ3v) is 3.59. The van der Waals surface area contributed by atoms with E-state index in [1.807, 2.05) is 6.92 Å². The topological polar surface area (TPSA) is 76.7 Å². The molecule has 0 aromatic carbocycles. The maximum atomic E-state index is 11.4. The summed E-state index contributed by atoms with van der Waals surface area (Å²) in [6.07, 6.45) is 2.95. The highest BCUT2D eigenvalue weighted by Gasteiger charge is 2.38. The van der Waals surface area contributed by atoms with E-state index in [1.54, 1.807) is 6.07 Å². The van der Waals surface area contributed by atoms with E-state index in [1.165, 1.54) is 10.7 Å². The van der Waals surface area contributed by atoms with Crippen molar-refractivity contribution in [3.8, 4) is 0 Å². The number of halogens is 1.